The summed E-state index contributed by atoms with van der Waals surface area (Å²) in [4.78, 5) is 4.09. The minimum Gasteiger partial charge on any atom is -0.481 e. The molecule has 0 aliphatic heterocycles. The smallest absolute Gasteiger partial charge is 0.217 e. The van der Waals surface area contributed by atoms with Crippen LogP contribution in [-0.2, 0) is 6.42 Å². The molecule has 0 saturated heterocycles. The van der Waals surface area contributed by atoms with E-state index in [1.807, 2.05) is 6.07 Å². The van der Waals surface area contributed by atoms with Crippen LogP contribution in [0.4, 0.5) is 4.39 Å². The fraction of sp³-hybridized carbons (Fsp3) is 0.214. The second-order valence-electron chi connectivity index (χ2n) is 4.13. The highest BCUT2D eigenvalue weighted by atomic mass is 35.5. The van der Waals surface area contributed by atoms with Gasteiger partial charge in [0.25, 0.3) is 0 Å². The molecule has 2 N–H and O–H groups in total. The Hall–Kier alpha value is -1.65. The summed E-state index contributed by atoms with van der Waals surface area (Å²) in [5, 5.41) is 0.112. The van der Waals surface area contributed by atoms with Crippen molar-refractivity contribution in [2.75, 3.05) is 7.11 Å². The Bertz CT molecular complexity index is 577. The zero-order valence-electron chi connectivity index (χ0n) is 10.4. The van der Waals surface area contributed by atoms with E-state index < -0.39 is 5.82 Å². The molecule has 1 aromatic carbocycles. The number of hydrogen-bond acceptors (Lipinski definition) is 3. The Morgan fingerprint density at radius 2 is 2.16 bits per heavy atom. The van der Waals surface area contributed by atoms with Crippen molar-refractivity contribution < 1.29 is 9.13 Å². The maximum atomic E-state index is 13.4. The number of halogens is 2. The summed E-state index contributed by atoms with van der Waals surface area (Å²) in [7, 11) is 1.54. The first-order chi connectivity index (χ1) is 9.13. The average Bonchev–Trinajstić information content (AvgIpc) is 2.43. The van der Waals surface area contributed by atoms with Crippen LogP contribution in [0.5, 0.6) is 5.88 Å². The Labute approximate surface area is 116 Å². The van der Waals surface area contributed by atoms with Gasteiger partial charge in [-0.3, -0.25) is 0 Å². The first-order valence-electron chi connectivity index (χ1n) is 5.81. The molecule has 0 saturated carbocycles. The molecule has 3 nitrogen and oxygen atoms in total. The predicted molar refractivity (Wildman–Crippen MR) is 72.8 cm³/mol. The van der Waals surface area contributed by atoms with E-state index in [0.717, 1.165) is 5.56 Å². The molecule has 100 valence electrons. The third-order valence-corrected chi connectivity index (χ3v) is 3.29. The highest BCUT2D eigenvalue weighted by Crippen LogP contribution is 2.27. The van der Waals surface area contributed by atoms with Crippen molar-refractivity contribution in [3.8, 4) is 5.88 Å². The topological polar surface area (TPSA) is 48.1 Å². The minimum absolute atomic E-state index is 0.112. The van der Waals surface area contributed by atoms with E-state index in [1.54, 1.807) is 24.4 Å². The van der Waals surface area contributed by atoms with Crippen molar-refractivity contribution in [2.24, 2.45) is 5.73 Å². The maximum Gasteiger partial charge on any atom is 0.217 e. The van der Waals surface area contributed by atoms with Crippen molar-refractivity contribution in [3.05, 3.63) is 58.5 Å². The molecule has 2 rings (SSSR count). The number of rotatable bonds is 4. The second kappa shape index (κ2) is 5.99. The minimum atomic E-state index is -0.440. The fourth-order valence-corrected chi connectivity index (χ4v) is 2.11. The van der Waals surface area contributed by atoms with Gasteiger partial charge in [0.05, 0.1) is 12.1 Å². The molecule has 0 amide bonds. The standard InChI is InChI=1S/C14H14ClFN2O/c1-19-14-10(5-3-7-18-14)12(17)8-9-4-2-6-11(16)13(9)15/h2-7,12H,8,17H2,1H3. The Morgan fingerprint density at radius 3 is 2.89 bits per heavy atom. The maximum absolute atomic E-state index is 13.4. The summed E-state index contributed by atoms with van der Waals surface area (Å²) in [6.45, 7) is 0. The summed E-state index contributed by atoms with van der Waals surface area (Å²) < 4.78 is 18.5. The molecule has 0 fully saturated rings. The van der Waals surface area contributed by atoms with Gasteiger partial charge in [-0.2, -0.15) is 0 Å². The van der Waals surface area contributed by atoms with E-state index >= 15 is 0 Å². The molecule has 1 heterocycles. The zero-order valence-corrected chi connectivity index (χ0v) is 11.2. The number of methoxy groups -OCH3 is 1. The fourth-order valence-electron chi connectivity index (χ4n) is 1.91. The summed E-state index contributed by atoms with van der Waals surface area (Å²) in [6.07, 6.45) is 2.04. The number of hydrogen-bond donors (Lipinski definition) is 1. The molecular formula is C14H14ClFN2O. The SMILES string of the molecule is COc1ncccc1C(N)Cc1cccc(F)c1Cl. The van der Waals surface area contributed by atoms with Crippen molar-refractivity contribution in [2.45, 2.75) is 12.5 Å². The van der Waals surface area contributed by atoms with Gasteiger partial charge in [-0.15, -0.1) is 0 Å². The number of nitrogens with two attached hydrogens (primary N) is 1. The van der Waals surface area contributed by atoms with Crippen LogP contribution >= 0.6 is 11.6 Å². The highest BCUT2D eigenvalue weighted by molar-refractivity contribution is 6.31. The van der Waals surface area contributed by atoms with Crippen molar-refractivity contribution in [1.29, 1.82) is 0 Å². The third-order valence-electron chi connectivity index (χ3n) is 2.86. The molecule has 0 radical (unpaired) electrons. The van der Waals surface area contributed by atoms with E-state index in [0.29, 0.717) is 17.9 Å². The van der Waals surface area contributed by atoms with Gasteiger partial charge in [0, 0.05) is 17.8 Å². The lowest BCUT2D eigenvalue weighted by Gasteiger charge is -2.15. The van der Waals surface area contributed by atoms with Crippen LogP contribution < -0.4 is 10.5 Å². The molecule has 1 aromatic heterocycles. The molecule has 0 bridgehead atoms. The van der Waals surface area contributed by atoms with Gasteiger partial charge in [0.2, 0.25) is 5.88 Å². The van der Waals surface area contributed by atoms with Gasteiger partial charge >= 0.3 is 0 Å². The Balaban J connectivity index is 2.26. The van der Waals surface area contributed by atoms with Gasteiger partial charge in [-0.25, -0.2) is 9.37 Å². The predicted octanol–water partition coefficient (Wildman–Crippen LogP) is 3.13. The van der Waals surface area contributed by atoms with Crippen molar-refractivity contribution in [1.82, 2.24) is 4.98 Å². The van der Waals surface area contributed by atoms with Crippen LogP contribution in [-0.4, -0.2) is 12.1 Å². The molecular weight excluding hydrogens is 267 g/mol. The van der Waals surface area contributed by atoms with Crippen LogP contribution in [0.25, 0.3) is 0 Å². The van der Waals surface area contributed by atoms with E-state index in [4.69, 9.17) is 22.1 Å². The second-order valence-corrected chi connectivity index (χ2v) is 4.50. The van der Waals surface area contributed by atoms with Crippen LogP contribution in [0.3, 0.4) is 0 Å². The number of benzene rings is 1. The van der Waals surface area contributed by atoms with E-state index in [2.05, 4.69) is 4.98 Å². The van der Waals surface area contributed by atoms with E-state index in [1.165, 1.54) is 13.2 Å². The van der Waals surface area contributed by atoms with Gasteiger partial charge in [0.15, 0.2) is 0 Å². The lowest BCUT2D eigenvalue weighted by atomic mass is 10.0. The van der Waals surface area contributed by atoms with Gasteiger partial charge in [-0.05, 0) is 24.1 Å². The van der Waals surface area contributed by atoms with E-state index in [9.17, 15) is 4.39 Å². The lowest BCUT2D eigenvalue weighted by molar-refractivity contribution is 0.388. The third kappa shape index (κ3) is 3.03. The number of aromatic nitrogens is 1. The molecule has 2 aromatic rings. The zero-order chi connectivity index (χ0) is 13.8. The first kappa shape index (κ1) is 13.8. The number of ether oxygens (including phenoxy) is 1. The molecule has 0 aliphatic carbocycles. The highest BCUT2D eigenvalue weighted by Gasteiger charge is 2.15. The molecule has 5 heteroatoms. The number of pyridine rings is 1. The van der Waals surface area contributed by atoms with Crippen LogP contribution in [0.2, 0.25) is 5.02 Å². The van der Waals surface area contributed by atoms with Crippen LogP contribution in [0.15, 0.2) is 36.5 Å². The monoisotopic (exact) mass is 280 g/mol. The average molecular weight is 281 g/mol. The largest absolute Gasteiger partial charge is 0.481 e. The normalized spacial score (nSPS) is 12.2. The first-order valence-corrected chi connectivity index (χ1v) is 6.18. The molecule has 19 heavy (non-hydrogen) atoms. The van der Waals surface area contributed by atoms with Gasteiger partial charge in [-0.1, -0.05) is 29.8 Å². The number of nitrogens with zero attached hydrogens (tertiary/aromatic N) is 1. The summed E-state index contributed by atoms with van der Waals surface area (Å²) in [5.41, 5.74) is 7.56. The van der Waals surface area contributed by atoms with Crippen molar-refractivity contribution in [3.63, 3.8) is 0 Å². The van der Waals surface area contributed by atoms with Gasteiger partial charge < -0.3 is 10.5 Å². The molecule has 0 spiro atoms. The van der Waals surface area contributed by atoms with Crippen LogP contribution in [0, 0.1) is 5.82 Å². The Kier molecular flexibility index (Phi) is 4.35. The molecule has 0 aliphatic rings. The Morgan fingerprint density at radius 1 is 1.37 bits per heavy atom. The lowest BCUT2D eigenvalue weighted by Crippen LogP contribution is -2.15. The van der Waals surface area contributed by atoms with Crippen molar-refractivity contribution >= 4 is 11.6 Å². The van der Waals surface area contributed by atoms with E-state index in [-0.39, 0.29) is 11.1 Å². The molecule has 1 unspecified atom stereocenters. The molecule has 1 atom stereocenters. The summed E-state index contributed by atoms with van der Waals surface area (Å²) in [5.74, 6) is 0.0343. The summed E-state index contributed by atoms with van der Waals surface area (Å²) in [6, 6.07) is 7.96. The van der Waals surface area contributed by atoms with Crippen LogP contribution in [0.1, 0.15) is 17.2 Å². The summed E-state index contributed by atoms with van der Waals surface area (Å²) >= 11 is 5.92. The quantitative estimate of drug-likeness (QED) is 0.936. The van der Waals surface area contributed by atoms with Gasteiger partial charge in [0.1, 0.15) is 5.82 Å².